The van der Waals surface area contributed by atoms with Crippen molar-refractivity contribution >= 4 is 15.9 Å². The fourth-order valence-electron chi connectivity index (χ4n) is 1.89. The van der Waals surface area contributed by atoms with Gasteiger partial charge < -0.3 is 9.88 Å². The molecular formula is C10H17N5O3S. The standard InChI is InChI=1S/C10H17N5O3S/c1-14(19(2,17)18)7-10(16)11-6-9-13-12-8-4-3-5-15(8)9/h3-7H2,1-2H3,(H,11,16). The number of carbonyl (C=O) groups is 1. The molecule has 2 heterocycles. The number of sulfonamides is 1. The van der Waals surface area contributed by atoms with Crippen molar-refractivity contribution in [3.05, 3.63) is 11.6 Å². The summed E-state index contributed by atoms with van der Waals surface area (Å²) in [6.45, 7) is 0.944. The second-order valence-electron chi connectivity index (χ2n) is 4.58. The molecule has 0 saturated heterocycles. The largest absolute Gasteiger partial charge is 0.348 e. The van der Waals surface area contributed by atoms with E-state index in [1.165, 1.54) is 7.05 Å². The molecule has 0 aromatic carbocycles. The van der Waals surface area contributed by atoms with Gasteiger partial charge in [-0.1, -0.05) is 0 Å². The summed E-state index contributed by atoms with van der Waals surface area (Å²) in [5.41, 5.74) is 0. The number of fused-ring (bicyclic) bond motifs is 1. The summed E-state index contributed by atoms with van der Waals surface area (Å²) in [6, 6.07) is 0. The van der Waals surface area contributed by atoms with E-state index in [2.05, 4.69) is 15.5 Å². The lowest BCUT2D eigenvalue weighted by molar-refractivity contribution is -0.121. The summed E-state index contributed by atoms with van der Waals surface area (Å²) in [5, 5.41) is 10.7. The van der Waals surface area contributed by atoms with Crippen LogP contribution in [0.3, 0.4) is 0 Å². The van der Waals surface area contributed by atoms with Gasteiger partial charge in [0.2, 0.25) is 15.9 Å². The van der Waals surface area contributed by atoms with Gasteiger partial charge in [-0.15, -0.1) is 10.2 Å². The predicted molar refractivity (Wildman–Crippen MR) is 67.7 cm³/mol. The molecule has 1 aromatic heterocycles. The van der Waals surface area contributed by atoms with Crippen LogP contribution in [0.1, 0.15) is 18.1 Å². The molecular weight excluding hydrogens is 270 g/mol. The minimum Gasteiger partial charge on any atom is -0.348 e. The van der Waals surface area contributed by atoms with Gasteiger partial charge in [-0.3, -0.25) is 4.79 Å². The van der Waals surface area contributed by atoms with Gasteiger partial charge in [-0.2, -0.15) is 4.31 Å². The molecule has 0 unspecified atom stereocenters. The molecule has 9 heteroatoms. The van der Waals surface area contributed by atoms with Crippen LogP contribution in [0.5, 0.6) is 0 Å². The van der Waals surface area contributed by atoms with Crippen molar-refractivity contribution in [2.75, 3.05) is 19.8 Å². The van der Waals surface area contributed by atoms with Gasteiger partial charge in [0.1, 0.15) is 5.82 Å². The minimum absolute atomic E-state index is 0.195. The second kappa shape index (κ2) is 5.25. The first-order valence-electron chi connectivity index (χ1n) is 5.97. The Hall–Kier alpha value is -1.48. The molecule has 106 valence electrons. The van der Waals surface area contributed by atoms with Crippen LogP contribution in [-0.2, 0) is 34.3 Å². The van der Waals surface area contributed by atoms with E-state index >= 15 is 0 Å². The first kappa shape index (κ1) is 13.9. The number of rotatable bonds is 5. The third-order valence-corrected chi connectivity index (χ3v) is 4.32. The van der Waals surface area contributed by atoms with E-state index in [-0.39, 0.29) is 19.0 Å². The van der Waals surface area contributed by atoms with E-state index < -0.39 is 10.0 Å². The van der Waals surface area contributed by atoms with Crippen LogP contribution in [0.25, 0.3) is 0 Å². The molecule has 1 N–H and O–H groups in total. The fourth-order valence-corrected chi connectivity index (χ4v) is 2.25. The molecule has 19 heavy (non-hydrogen) atoms. The quantitative estimate of drug-likeness (QED) is 0.728. The van der Waals surface area contributed by atoms with E-state index in [1.807, 2.05) is 4.57 Å². The van der Waals surface area contributed by atoms with Crippen molar-refractivity contribution in [1.29, 1.82) is 0 Å². The molecule has 0 fully saturated rings. The topological polar surface area (TPSA) is 97.2 Å². The summed E-state index contributed by atoms with van der Waals surface area (Å²) in [5.74, 6) is 1.30. The maximum atomic E-state index is 11.6. The number of aromatic nitrogens is 3. The molecule has 1 amide bonds. The maximum Gasteiger partial charge on any atom is 0.235 e. The van der Waals surface area contributed by atoms with Crippen LogP contribution >= 0.6 is 0 Å². The van der Waals surface area contributed by atoms with Gasteiger partial charge in [0.15, 0.2) is 5.82 Å². The number of aryl methyl sites for hydroxylation is 1. The number of hydrogen-bond acceptors (Lipinski definition) is 5. The minimum atomic E-state index is -3.34. The average Bonchev–Trinajstić information content (AvgIpc) is 2.87. The number of likely N-dealkylation sites (N-methyl/N-ethyl adjacent to an activating group) is 1. The molecule has 0 atom stereocenters. The number of hydrogen-bond donors (Lipinski definition) is 1. The van der Waals surface area contributed by atoms with Gasteiger partial charge in [-0.05, 0) is 6.42 Å². The van der Waals surface area contributed by atoms with Crippen LogP contribution in [0, 0.1) is 0 Å². The third-order valence-electron chi connectivity index (χ3n) is 3.06. The first-order chi connectivity index (χ1) is 8.88. The monoisotopic (exact) mass is 287 g/mol. The third kappa shape index (κ3) is 3.29. The van der Waals surface area contributed by atoms with Crippen LogP contribution in [0.2, 0.25) is 0 Å². The molecule has 0 saturated carbocycles. The van der Waals surface area contributed by atoms with E-state index in [9.17, 15) is 13.2 Å². The molecule has 1 aromatic rings. The maximum absolute atomic E-state index is 11.6. The zero-order valence-electron chi connectivity index (χ0n) is 11.0. The average molecular weight is 287 g/mol. The normalized spacial score (nSPS) is 14.7. The summed E-state index contributed by atoms with van der Waals surface area (Å²) in [4.78, 5) is 11.6. The number of nitrogens with zero attached hydrogens (tertiary/aromatic N) is 4. The van der Waals surface area contributed by atoms with Crippen LogP contribution in [-0.4, -0.2) is 53.2 Å². The van der Waals surface area contributed by atoms with Crippen molar-refractivity contribution in [1.82, 2.24) is 24.4 Å². The highest BCUT2D eigenvalue weighted by molar-refractivity contribution is 7.88. The molecule has 2 rings (SSSR count). The smallest absolute Gasteiger partial charge is 0.235 e. The highest BCUT2D eigenvalue weighted by Gasteiger charge is 2.19. The summed E-state index contributed by atoms with van der Waals surface area (Å²) in [7, 11) is -1.98. The highest BCUT2D eigenvalue weighted by atomic mass is 32.2. The molecule has 1 aliphatic heterocycles. The van der Waals surface area contributed by atoms with Gasteiger partial charge in [0.05, 0.1) is 19.3 Å². The van der Waals surface area contributed by atoms with E-state index in [4.69, 9.17) is 0 Å². The summed E-state index contributed by atoms with van der Waals surface area (Å²) in [6.07, 6.45) is 3.02. The second-order valence-corrected chi connectivity index (χ2v) is 6.67. The Morgan fingerprint density at radius 1 is 1.47 bits per heavy atom. The van der Waals surface area contributed by atoms with Crippen molar-refractivity contribution in [3.63, 3.8) is 0 Å². The van der Waals surface area contributed by atoms with Crippen LogP contribution in [0.15, 0.2) is 0 Å². The molecule has 0 spiro atoms. The van der Waals surface area contributed by atoms with Crippen LogP contribution < -0.4 is 5.32 Å². The molecule has 0 radical (unpaired) electrons. The van der Waals surface area contributed by atoms with Crippen molar-refractivity contribution < 1.29 is 13.2 Å². The van der Waals surface area contributed by atoms with Gasteiger partial charge in [0.25, 0.3) is 0 Å². The molecule has 1 aliphatic rings. The van der Waals surface area contributed by atoms with Crippen LogP contribution in [0.4, 0.5) is 0 Å². The van der Waals surface area contributed by atoms with Gasteiger partial charge >= 0.3 is 0 Å². The van der Waals surface area contributed by atoms with E-state index in [1.54, 1.807) is 0 Å². The summed E-state index contributed by atoms with van der Waals surface area (Å²) >= 11 is 0. The zero-order chi connectivity index (χ0) is 14.0. The zero-order valence-corrected chi connectivity index (χ0v) is 11.8. The van der Waals surface area contributed by atoms with E-state index in [0.29, 0.717) is 5.82 Å². The Bertz CT molecular complexity index is 580. The van der Waals surface area contributed by atoms with E-state index in [0.717, 1.165) is 35.8 Å². The van der Waals surface area contributed by atoms with Crippen molar-refractivity contribution in [2.24, 2.45) is 0 Å². The highest BCUT2D eigenvalue weighted by Crippen LogP contribution is 2.13. The Labute approximate surface area is 111 Å². The number of amides is 1. The number of carbonyl (C=O) groups excluding carboxylic acids is 1. The van der Waals surface area contributed by atoms with Gasteiger partial charge in [-0.25, -0.2) is 8.42 Å². The van der Waals surface area contributed by atoms with Gasteiger partial charge in [0, 0.05) is 20.0 Å². The predicted octanol–water partition coefficient (Wildman–Crippen LogP) is -1.27. The Balaban J connectivity index is 1.87. The SMILES string of the molecule is CN(CC(=O)NCc1nnc2n1CCC2)S(C)(=O)=O. The molecule has 8 nitrogen and oxygen atoms in total. The summed E-state index contributed by atoms with van der Waals surface area (Å²) < 4.78 is 25.3. The number of nitrogens with one attached hydrogen (secondary N) is 1. The Morgan fingerprint density at radius 2 is 2.21 bits per heavy atom. The lowest BCUT2D eigenvalue weighted by atomic mass is 10.4. The lowest BCUT2D eigenvalue weighted by Gasteiger charge is -2.13. The Kier molecular flexibility index (Phi) is 3.85. The van der Waals surface area contributed by atoms with Crippen molar-refractivity contribution in [3.8, 4) is 0 Å². The molecule has 0 bridgehead atoms. The first-order valence-corrected chi connectivity index (χ1v) is 7.81. The van der Waals surface area contributed by atoms with Crippen molar-refractivity contribution in [2.45, 2.75) is 25.9 Å². The Morgan fingerprint density at radius 3 is 2.89 bits per heavy atom. The fraction of sp³-hybridized carbons (Fsp3) is 0.700. The molecule has 0 aliphatic carbocycles. The lowest BCUT2D eigenvalue weighted by Crippen LogP contribution is -2.37.